The highest BCUT2D eigenvalue weighted by Gasteiger charge is 2.13. The Balaban J connectivity index is 2.13. The highest BCUT2D eigenvalue weighted by Crippen LogP contribution is 2.16. The van der Waals surface area contributed by atoms with Crippen LogP contribution in [0, 0.1) is 0 Å². The average Bonchev–Trinajstić information content (AvgIpc) is 2.43. The van der Waals surface area contributed by atoms with Crippen molar-refractivity contribution in [2.24, 2.45) is 0 Å². The maximum Gasteiger partial charge on any atom is 0.221 e. The van der Waals surface area contributed by atoms with Crippen LogP contribution in [0.2, 0.25) is 0 Å². The molecule has 0 spiro atoms. The van der Waals surface area contributed by atoms with Gasteiger partial charge in [0.15, 0.2) is 0 Å². The summed E-state index contributed by atoms with van der Waals surface area (Å²) in [5, 5.41) is 2.83. The summed E-state index contributed by atoms with van der Waals surface area (Å²) >= 11 is 0. The molecule has 0 bridgehead atoms. The van der Waals surface area contributed by atoms with Crippen LogP contribution in [-0.2, 0) is 4.79 Å². The Morgan fingerprint density at radius 2 is 2.27 bits per heavy atom. The first-order chi connectivity index (χ1) is 7.25. The molecule has 5 heteroatoms. The van der Waals surface area contributed by atoms with Crippen LogP contribution in [0.4, 0.5) is 11.4 Å². The monoisotopic (exact) mass is 206 g/mol. The summed E-state index contributed by atoms with van der Waals surface area (Å²) in [4.78, 5) is 17.3. The molecule has 1 aromatic heterocycles. The van der Waals surface area contributed by atoms with Crippen molar-refractivity contribution in [3.05, 3.63) is 18.5 Å². The minimum Gasteiger partial charge on any atom is -0.397 e. The molecule has 5 nitrogen and oxygen atoms in total. The Labute approximate surface area is 88.3 Å². The molecular weight excluding hydrogens is 192 g/mol. The van der Waals surface area contributed by atoms with Crippen molar-refractivity contribution in [3.63, 3.8) is 0 Å². The number of nitrogen functional groups attached to an aromatic ring is 1. The van der Waals surface area contributed by atoms with Crippen molar-refractivity contribution in [1.82, 2.24) is 10.3 Å². The number of rotatable bonds is 1. The van der Waals surface area contributed by atoms with E-state index in [4.69, 9.17) is 5.73 Å². The quantitative estimate of drug-likeness (QED) is 0.678. The van der Waals surface area contributed by atoms with Crippen molar-refractivity contribution in [2.45, 2.75) is 6.42 Å². The maximum atomic E-state index is 11.1. The van der Waals surface area contributed by atoms with E-state index in [1.807, 2.05) is 6.07 Å². The molecule has 15 heavy (non-hydrogen) atoms. The third-order valence-corrected chi connectivity index (χ3v) is 2.42. The molecule has 0 saturated carbocycles. The third-order valence-electron chi connectivity index (χ3n) is 2.42. The molecular formula is C10H14N4O. The number of hydrogen-bond acceptors (Lipinski definition) is 4. The Morgan fingerprint density at radius 1 is 1.40 bits per heavy atom. The molecule has 80 valence electrons. The second kappa shape index (κ2) is 4.16. The zero-order chi connectivity index (χ0) is 10.7. The highest BCUT2D eigenvalue weighted by atomic mass is 16.1. The molecule has 1 saturated heterocycles. The van der Waals surface area contributed by atoms with E-state index in [1.165, 1.54) is 0 Å². The number of aromatic nitrogens is 1. The molecule has 1 aliphatic heterocycles. The summed E-state index contributed by atoms with van der Waals surface area (Å²) in [5.74, 6) is 0.106. The highest BCUT2D eigenvalue weighted by molar-refractivity contribution is 5.77. The van der Waals surface area contributed by atoms with Crippen LogP contribution >= 0.6 is 0 Å². The summed E-state index contributed by atoms with van der Waals surface area (Å²) in [6.07, 6.45) is 3.91. The van der Waals surface area contributed by atoms with Crippen LogP contribution < -0.4 is 16.0 Å². The minimum atomic E-state index is 0.106. The van der Waals surface area contributed by atoms with Gasteiger partial charge >= 0.3 is 0 Å². The minimum absolute atomic E-state index is 0.106. The molecule has 0 aromatic carbocycles. The van der Waals surface area contributed by atoms with Crippen LogP contribution in [0.1, 0.15) is 6.42 Å². The van der Waals surface area contributed by atoms with Crippen molar-refractivity contribution in [1.29, 1.82) is 0 Å². The van der Waals surface area contributed by atoms with E-state index in [1.54, 1.807) is 12.4 Å². The van der Waals surface area contributed by atoms with Gasteiger partial charge in [0.05, 0.1) is 17.6 Å². The molecule has 1 fully saturated rings. The van der Waals surface area contributed by atoms with Gasteiger partial charge in [-0.15, -0.1) is 0 Å². The van der Waals surface area contributed by atoms with Crippen molar-refractivity contribution < 1.29 is 4.79 Å². The van der Waals surface area contributed by atoms with E-state index in [-0.39, 0.29) is 5.91 Å². The van der Waals surface area contributed by atoms with Gasteiger partial charge in [0, 0.05) is 32.3 Å². The summed E-state index contributed by atoms with van der Waals surface area (Å²) in [6, 6.07) is 1.88. The number of nitrogens with two attached hydrogens (primary N) is 1. The Morgan fingerprint density at radius 3 is 3.07 bits per heavy atom. The first-order valence-corrected chi connectivity index (χ1v) is 4.98. The number of nitrogens with zero attached hydrogens (tertiary/aromatic N) is 2. The molecule has 1 amide bonds. The summed E-state index contributed by atoms with van der Waals surface area (Å²) in [6.45, 7) is 2.20. The number of carbonyl (C=O) groups is 1. The van der Waals surface area contributed by atoms with Crippen LogP contribution in [-0.4, -0.2) is 30.5 Å². The number of carbonyl (C=O) groups excluding carboxylic acids is 1. The number of hydrogen-bond donors (Lipinski definition) is 2. The zero-order valence-corrected chi connectivity index (χ0v) is 8.44. The Hall–Kier alpha value is -1.78. The number of pyridine rings is 1. The fourth-order valence-electron chi connectivity index (χ4n) is 1.64. The largest absolute Gasteiger partial charge is 0.397 e. The van der Waals surface area contributed by atoms with Gasteiger partial charge in [0.1, 0.15) is 0 Å². The van der Waals surface area contributed by atoms with Gasteiger partial charge in [-0.25, -0.2) is 0 Å². The molecule has 2 heterocycles. The fraction of sp³-hybridized carbons (Fsp3) is 0.400. The molecule has 3 N–H and O–H groups in total. The smallest absolute Gasteiger partial charge is 0.221 e. The maximum absolute atomic E-state index is 11.1. The van der Waals surface area contributed by atoms with E-state index in [0.717, 1.165) is 18.8 Å². The predicted molar refractivity (Wildman–Crippen MR) is 58.5 cm³/mol. The van der Waals surface area contributed by atoms with Gasteiger partial charge in [-0.1, -0.05) is 0 Å². The van der Waals surface area contributed by atoms with Gasteiger partial charge in [0.25, 0.3) is 0 Å². The van der Waals surface area contributed by atoms with Crippen molar-refractivity contribution >= 4 is 17.3 Å². The standard InChI is InChI=1S/C10H14N4O/c11-8-5-9(7-12-6-8)14-3-1-10(15)13-2-4-14/h5-7H,1-4,11H2,(H,13,15). The second-order valence-electron chi connectivity index (χ2n) is 3.56. The molecule has 2 rings (SSSR count). The lowest BCUT2D eigenvalue weighted by Gasteiger charge is -2.21. The summed E-state index contributed by atoms with van der Waals surface area (Å²) in [7, 11) is 0. The van der Waals surface area contributed by atoms with Gasteiger partial charge in [-0.2, -0.15) is 0 Å². The van der Waals surface area contributed by atoms with Gasteiger partial charge in [0.2, 0.25) is 5.91 Å². The van der Waals surface area contributed by atoms with E-state index < -0.39 is 0 Å². The first kappa shape index (κ1) is 9.76. The SMILES string of the molecule is Nc1cncc(N2CCNC(=O)CC2)c1. The summed E-state index contributed by atoms with van der Waals surface area (Å²) < 4.78 is 0. The molecule has 1 aliphatic rings. The summed E-state index contributed by atoms with van der Waals surface area (Å²) in [5.41, 5.74) is 7.29. The topological polar surface area (TPSA) is 71.2 Å². The number of amides is 1. The first-order valence-electron chi connectivity index (χ1n) is 4.98. The second-order valence-corrected chi connectivity index (χ2v) is 3.56. The van der Waals surface area contributed by atoms with Crippen LogP contribution in [0.15, 0.2) is 18.5 Å². The van der Waals surface area contributed by atoms with Crippen LogP contribution in [0.5, 0.6) is 0 Å². The van der Waals surface area contributed by atoms with Crippen LogP contribution in [0.25, 0.3) is 0 Å². The van der Waals surface area contributed by atoms with E-state index >= 15 is 0 Å². The van der Waals surface area contributed by atoms with E-state index in [9.17, 15) is 4.79 Å². The van der Waals surface area contributed by atoms with Crippen LogP contribution in [0.3, 0.4) is 0 Å². The van der Waals surface area contributed by atoms with Gasteiger partial charge in [-0.05, 0) is 6.07 Å². The number of anilines is 2. The lowest BCUT2D eigenvalue weighted by Crippen LogP contribution is -2.28. The third kappa shape index (κ3) is 2.37. The fourth-order valence-corrected chi connectivity index (χ4v) is 1.64. The lowest BCUT2D eigenvalue weighted by molar-refractivity contribution is -0.120. The van der Waals surface area contributed by atoms with Crippen molar-refractivity contribution in [3.8, 4) is 0 Å². The molecule has 0 atom stereocenters. The Bertz CT molecular complexity index is 366. The van der Waals surface area contributed by atoms with E-state index in [2.05, 4.69) is 15.2 Å². The lowest BCUT2D eigenvalue weighted by atomic mass is 10.3. The number of nitrogens with one attached hydrogen (secondary N) is 1. The predicted octanol–water partition coefficient (Wildman–Crippen LogP) is -0.00990. The van der Waals surface area contributed by atoms with E-state index in [0.29, 0.717) is 18.7 Å². The van der Waals surface area contributed by atoms with Crippen molar-refractivity contribution in [2.75, 3.05) is 30.3 Å². The Kier molecular flexibility index (Phi) is 2.71. The molecule has 0 radical (unpaired) electrons. The molecule has 0 unspecified atom stereocenters. The van der Waals surface area contributed by atoms with Gasteiger partial charge < -0.3 is 16.0 Å². The van der Waals surface area contributed by atoms with Gasteiger partial charge in [-0.3, -0.25) is 9.78 Å². The molecule has 0 aliphatic carbocycles. The zero-order valence-electron chi connectivity index (χ0n) is 8.44. The normalized spacial score (nSPS) is 17.1. The molecule has 1 aromatic rings. The average molecular weight is 206 g/mol.